The van der Waals surface area contributed by atoms with Crippen molar-refractivity contribution in [2.24, 2.45) is 0 Å². The lowest BCUT2D eigenvalue weighted by molar-refractivity contribution is 0.627. The predicted molar refractivity (Wildman–Crippen MR) is 74.8 cm³/mol. The maximum Gasteiger partial charge on any atom is 0.123 e. The molecule has 2 aromatic carbocycles. The highest BCUT2D eigenvalue weighted by Gasteiger charge is 2.04. The van der Waals surface area contributed by atoms with Gasteiger partial charge in [-0.2, -0.15) is 0 Å². The second kappa shape index (κ2) is 4.72. The summed E-state index contributed by atoms with van der Waals surface area (Å²) in [5.74, 6) is 0.668. The number of aromatic amines is 1. The molecule has 4 heteroatoms. The van der Waals surface area contributed by atoms with Gasteiger partial charge in [-0.15, -0.1) is 0 Å². The number of hydrogen-bond donors (Lipinski definition) is 2. The van der Waals surface area contributed by atoms with Crippen LogP contribution in [-0.2, 0) is 6.42 Å². The first kappa shape index (κ1) is 11.7. The van der Waals surface area contributed by atoms with Crippen molar-refractivity contribution < 1.29 is 4.39 Å². The summed E-state index contributed by atoms with van der Waals surface area (Å²) >= 11 is 0. The van der Waals surface area contributed by atoms with Crippen LogP contribution in [0.2, 0.25) is 0 Å². The second-order valence-corrected chi connectivity index (χ2v) is 4.47. The Labute approximate surface area is 110 Å². The number of imidazole rings is 1. The van der Waals surface area contributed by atoms with Gasteiger partial charge in [-0.25, -0.2) is 9.37 Å². The Hall–Kier alpha value is -2.36. The van der Waals surface area contributed by atoms with Crippen LogP contribution in [0.5, 0.6) is 0 Å². The lowest BCUT2D eigenvalue weighted by Gasteiger charge is -1.97. The molecule has 1 heterocycles. The zero-order valence-corrected chi connectivity index (χ0v) is 10.6. The minimum atomic E-state index is -0.216. The molecule has 2 N–H and O–H groups in total. The Morgan fingerprint density at radius 1 is 1.16 bits per heavy atom. The fraction of sp³-hybridized carbons (Fsp3) is 0.133. The van der Waals surface area contributed by atoms with E-state index in [1.807, 2.05) is 25.2 Å². The van der Waals surface area contributed by atoms with E-state index in [2.05, 4.69) is 15.3 Å². The topological polar surface area (TPSA) is 40.7 Å². The van der Waals surface area contributed by atoms with Crippen LogP contribution in [0.25, 0.3) is 11.0 Å². The van der Waals surface area contributed by atoms with Crippen molar-refractivity contribution in [1.29, 1.82) is 0 Å². The molecule has 0 spiro atoms. The van der Waals surface area contributed by atoms with Crippen molar-refractivity contribution in [3.05, 3.63) is 59.7 Å². The molecule has 0 saturated carbocycles. The Balaban J connectivity index is 1.90. The van der Waals surface area contributed by atoms with Gasteiger partial charge in [0.25, 0.3) is 0 Å². The lowest BCUT2D eigenvalue weighted by atomic mass is 10.1. The Bertz CT molecular complexity index is 701. The third-order valence-corrected chi connectivity index (χ3v) is 3.10. The normalized spacial score (nSPS) is 10.8. The summed E-state index contributed by atoms with van der Waals surface area (Å²) in [5, 5.41) is 3.09. The molecule has 0 atom stereocenters. The van der Waals surface area contributed by atoms with Gasteiger partial charge >= 0.3 is 0 Å². The molecule has 3 nitrogen and oxygen atoms in total. The molecule has 0 amide bonds. The van der Waals surface area contributed by atoms with Crippen molar-refractivity contribution in [3.63, 3.8) is 0 Å². The van der Waals surface area contributed by atoms with Crippen LogP contribution in [0.4, 0.5) is 10.1 Å². The molecule has 3 aromatic rings. The molecule has 0 saturated heterocycles. The minimum Gasteiger partial charge on any atom is -0.388 e. The number of fused-ring (bicyclic) bond motifs is 1. The van der Waals surface area contributed by atoms with E-state index >= 15 is 0 Å². The Morgan fingerprint density at radius 3 is 2.68 bits per heavy atom. The summed E-state index contributed by atoms with van der Waals surface area (Å²) in [4.78, 5) is 7.82. The summed E-state index contributed by atoms with van der Waals surface area (Å²) < 4.78 is 12.8. The van der Waals surface area contributed by atoms with Crippen LogP contribution >= 0.6 is 0 Å². The SMILES string of the molecule is CNc1ccc2nc(Cc3ccc(F)cc3)[nH]c2c1. The van der Waals surface area contributed by atoms with E-state index in [-0.39, 0.29) is 5.82 Å². The van der Waals surface area contributed by atoms with E-state index < -0.39 is 0 Å². The van der Waals surface area contributed by atoms with Gasteiger partial charge < -0.3 is 10.3 Å². The quantitative estimate of drug-likeness (QED) is 0.753. The minimum absolute atomic E-state index is 0.216. The number of halogens is 1. The molecule has 0 aliphatic rings. The van der Waals surface area contributed by atoms with Crippen LogP contribution in [-0.4, -0.2) is 17.0 Å². The molecule has 0 aliphatic carbocycles. The molecule has 0 aliphatic heterocycles. The first-order valence-corrected chi connectivity index (χ1v) is 6.15. The average molecular weight is 255 g/mol. The summed E-state index contributed by atoms with van der Waals surface area (Å²) in [6.07, 6.45) is 0.670. The summed E-state index contributed by atoms with van der Waals surface area (Å²) in [5.41, 5.74) is 4.03. The zero-order valence-electron chi connectivity index (χ0n) is 10.6. The summed E-state index contributed by atoms with van der Waals surface area (Å²) in [6.45, 7) is 0. The van der Waals surface area contributed by atoms with Crippen LogP contribution < -0.4 is 5.32 Å². The van der Waals surface area contributed by atoms with Crippen molar-refractivity contribution >= 4 is 16.7 Å². The van der Waals surface area contributed by atoms with Crippen LogP contribution in [0, 0.1) is 5.82 Å². The lowest BCUT2D eigenvalue weighted by Crippen LogP contribution is -1.90. The monoisotopic (exact) mass is 255 g/mol. The van der Waals surface area contributed by atoms with Gasteiger partial charge in [0.2, 0.25) is 0 Å². The van der Waals surface area contributed by atoms with E-state index in [1.165, 1.54) is 12.1 Å². The highest BCUT2D eigenvalue weighted by Crippen LogP contribution is 2.18. The molecular weight excluding hydrogens is 241 g/mol. The van der Waals surface area contributed by atoms with Crippen LogP contribution in [0.15, 0.2) is 42.5 Å². The smallest absolute Gasteiger partial charge is 0.123 e. The molecular formula is C15H14FN3. The zero-order chi connectivity index (χ0) is 13.2. The van der Waals surface area contributed by atoms with Gasteiger partial charge in [0, 0.05) is 19.2 Å². The number of H-pyrrole nitrogens is 1. The molecule has 1 aromatic heterocycles. The third kappa shape index (κ3) is 2.42. The third-order valence-electron chi connectivity index (χ3n) is 3.10. The van der Waals surface area contributed by atoms with E-state index in [1.54, 1.807) is 12.1 Å². The molecule has 0 radical (unpaired) electrons. The second-order valence-electron chi connectivity index (χ2n) is 4.47. The fourth-order valence-corrected chi connectivity index (χ4v) is 2.10. The maximum atomic E-state index is 12.8. The number of aromatic nitrogens is 2. The first-order valence-electron chi connectivity index (χ1n) is 6.15. The number of hydrogen-bond acceptors (Lipinski definition) is 2. The summed E-state index contributed by atoms with van der Waals surface area (Å²) in [7, 11) is 1.89. The van der Waals surface area contributed by atoms with Crippen molar-refractivity contribution in [3.8, 4) is 0 Å². The average Bonchev–Trinajstić information content (AvgIpc) is 2.82. The molecule has 0 unspecified atom stereocenters. The van der Waals surface area contributed by atoms with Crippen molar-refractivity contribution in [2.45, 2.75) is 6.42 Å². The highest BCUT2D eigenvalue weighted by atomic mass is 19.1. The molecule has 19 heavy (non-hydrogen) atoms. The summed E-state index contributed by atoms with van der Waals surface area (Å²) in [6, 6.07) is 12.5. The van der Waals surface area contributed by atoms with Crippen LogP contribution in [0.1, 0.15) is 11.4 Å². The number of nitrogens with zero attached hydrogens (tertiary/aromatic N) is 1. The number of benzene rings is 2. The number of rotatable bonds is 3. The van der Waals surface area contributed by atoms with E-state index in [0.717, 1.165) is 28.1 Å². The molecule has 3 rings (SSSR count). The Kier molecular flexibility index (Phi) is 2.91. The molecule has 0 bridgehead atoms. The number of nitrogens with one attached hydrogen (secondary N) is 2. The highest BCUT2D eigenvalue weighted by molar-refractivity contribution is 5.79. The van der Waals surface area contributed by atoms with E-state index in [0.29, 0.717) is 6.42 Å². The van der Waals surface area contributed by atoms with Gasteiger partial charge in [0.15, 0.2) is 0 Å². The maximum absolute atomic E-state index is 12.8. The van der Waals surface area contributed by atoms with Crippen LogP contribution in [0.3, 0.4) is 0 Å². The van der Waals surface area contributed by atoms with Gasteiger partial charge in [-0.1, -0.05) is 12.1 Å². The van der Waals surface area contributed by atoms with Gasteiger partial charge in [-0.3, -0.25) is 0 Å². The van der Waals surface area contributed by atoms with Crippen molar-refractivity contribution in [2.75, 3.05) is 12.4 Å². The largest absolute Gasteiger partial charge is 0.388 e. The fourth-order valence-electron chi connectivity index (χ4n) is 2.10. The molecule has 0 fully saturated rings. The van der Waals surface area contributed by atoms with E-state index in [9.17, 15) is 4.39 Å². The Morgan fingerprint density at radius 2 is 1.95 bits per heavy atom. The first-order chi connectivity index (χ1) is 9.24. The van der Waals surface area contributed by atoms with Gasteiger partial charge in [-0.05, 0) is 35.9 Å². The standard InChI is InChI=1S/C15H14FN3/c1-17-12-6-7-13-14(9-12)19-15(18-13)8-10-2-4-11(16)5-3-10/h2-7,9,17H,8H2,1H3,(H,18,19). The van der Waals surface area contributed by atoms with E-state index in [4.69, 9.17) is 0 Å². The van der Waals surface area contributed by atoms with Gasteiger partial charge in [0.1, 0.15) is 11.6 Å². The molecule has 96 valence electrons. The predicted octanol–water partition coefficient (Wildman–Crippen LogP) is 3.33. The van der Waals surface area contributed by atoms with Crippen molar-refractivity contribution in [1.82, 2.24) is 9.97 Å². The van der Waals surface area contributed by atoms with Gasteiger partial charge in [0.05, 0.1) is 11.0 Å². The number of anilines is 1.